The number of anilines is 1. The van der Waals surface area contributed by atoms with Gasteiger partial charge < -0.3 is 11.1 Å². The molecule has 0 spiro atoms. The van der Waals surface area contributed by atoms with E-state index in [0.29, 0.717) is 23.3 Å². The van der Waals surface area contributed by atoms with Gasteiger partial charge in [-0.2, -0.15) is 0 Å². The van der Waals surface area contributed by atoms with Crippen LogP contribution in [-0.4, -0.2) is 16.9 Å². The highest BCUT2D eigenvalue weighted by molar-refractivity contribution is 5.94. The Morgan fingerprint density at radius 3 is 2.82 bits per heavy atom. The van der Waals surface area contributed by atoms with Crippen LogP contribution in [0, 0.1) is 5.92 Å². The van der Waals surface area contributed by atoms with Crippen molar-refractivity contribution in [1.29, 1.82) is 0 Å². The highest BCUT2D eigenvalue weighted by Gasteiger charge is 2.23. The third-order valence-electron chi connectivity index (χ3n) is 3.48. The average Bonchev–Trinajstić information content (AvgIpc) is 2.33. The van der Waals surface area contributed by atoms with Crippen molar-refractivity contribution in [3.05, 3.63) is 23.9 Å². The molecule has 92 valence electrons. The van der Waals surface area contributed by atoms with Gasteiger partial charge in [0.25, 0.3) is 5.91 Å². The quantitative estimate of drug-likeness (QED) is 0.820. The molecule has 17 heavy (non-hydrogen) atoms. The lowest BCUT2D eigenvalue weighted by Crippen LogP contribution is -2.41. The van der Waals surface area contributed by atoms with Crippen LogP contribution in [0.1, 0.15) is 43.0 Å². The fraction of sp³-hybridized carbons (Fsp3) is 0.538. The van der Waals surface area contributed by atoms with Crippen molar-refractivity contribution in [1.82, 2.24) is 10.3 Å². The Kier molecular flexibility index (Phi) is 3.61. The lowest BCUT2D eigenvalue weighted by Gasteiger charge is -2.29. The predicted molar refractivity (Wildman–Crippen MR) is 67.5 cm³/mol. The molecule has 2 atom stereocenters. The van der Waals surface area contributed by atoms with Gasteiger partial charge in [0.05, 0.1) is 5.56 Å². The third-order valence-corrected chi connectivity index (χ3v) is 3.48. The van der Waals surface area contributed by atoms with Gasteiger partial charge in [0.1, 0.15) is 5.82 Å². The zero-order valence-electron chi connectivity index (χ0n) is 10.1. The van der Waals surface area contributed by atoms with E-state index in [-0.39, 0.29) is 5.91 Å². The maximum absolute atomic E-state index is 12.0. The molecule has 1 amide bonds. The average molecular weight is 233 g/mol. The van der Waals surface area contributed by atoms with E-state index in [4.69, 9.17) is 5.73 Å². The van der Waals surface area contributed by atoms with E-state index in [1.165, 1.54) is 25.5 Å². The first-order chi connectivity index (χ1) is 8.16. The summed E-state index contributed by atoms with van der Waals surface area (Å²) < 4.78 is 0. The van der Waals surface area contributed by atoms with Gasteiger partial charge in [0.2, 0.25) is 0 Å². The highest BCUT2D eigenvalue weighted by Crippen LogP contribution is 2.23. The van der Waals surface area contributed by atoms with Crippen LogP contribution in [0.2, 0.25) is 0 Å². The molecule has 3 N–H and O–H groups in total. The fourth-order valence-electron chi connectivity index (χ4n) is 2.32. The van der Waals surface area contributed by atoms with Gasteiger partial charge in [0, 0.05) is 12.2 Å². The number of rotatable bonds is 2. The highest BCUT2D eigenvalue weighted by atomic mass is 16.1. The molecule has 1 aliphatic carbocycles. The summed E-state index contributed by atoms with van der Waals surface area (Å²) in [5.74, 6) is 0.957. The van der Waals surface area contributed by atoms with Crippen molar-refractivity contribution >= 4 is 11.7 Å². The first-order valence-corrected chi connectivity index (χ1v) is 6.19. The van der Waals surface area contributed by atoms with Crippen molar-refractivity contribution in [3.63, 3.8) is 0 Å². The number of aromatic nitrogens is 1. The van der Waals surface area contributed by atoms with Gasteiger partial charge in [-0.3, -0.25) is 4.79 Å². The van der Waals surface area contributed by atoms with Crippen LogP contribution in [0.25, 0.3) is 0 Å². The number of carbonyl (C=O) groups is 1. The van der Waals surface area contributed by atoms with E-state index in [1.807, 2.05) is 0 Å². The molecule has 0 aromatic carbocycles. The van der Waals surface area contributed by atoms with Crippen LogP contribution in [0.5, 0.6) is 0 Å². The number of hydrogen-bond acceptors (Lipinski definition) is 3. The number of carbonyl (C=O) groups excluding carboxylic acids is 1. The van der Waals surface area contributed by atoms with Crippen molar-refractivity contribution in [2.75, 3.05) is 5.73 Å². The van der Waals surface area contributed by atoms with Crippen LogP contribution in [0.3, 0.4) is 0 Å². The second kappa shape index (κ2) is 5.17. The summed E-state index contributed by atoms with van der Waals surface area (Å²) in [6.07, 6.45) is 6.28. The summed E-state index contributed by atoms with van der Waals surface area (Å²) in [7, 11) is 0. The molecule has 1 aromatic heterocycles. The topological polar surface area (TPSA) is 68.0 Å². The molecule has 1 aromatic rings. The Labute approximate surface area is 102 Å². The molecule has 1 aliphatic rings. The molecule has 0 radical (unpaired) electrons. The zero-order chi connectivity index (χ0) is 12.3. The zero-order valence-corrected chi connectivity index (χ0v) is 10.1. The molecular weight excluding hydrogens is 214 g/mol. The maximum atomic E-state index is 12.0. The number of nitrogens with two attached hydrogens (primary N) is 1. The number of nitrogen functional groups attached to an aromatic ring is 1. The number of nitrogens with zero attached hydrogens (tertiary/aromatic N) is 1. The van der Waals surface area contributed by atoms with Crippen LogP contribution in [0.4, 0.5) is 5.82 Å². The fourth-order valence-corrected chi connectivity index (χ4v) is 2.32. The molecule has 0 saturated heterocycles. The standard InChI is InChI=1S/C13H19N3O/c1-9-4-2-3-5-11(9)16-13(17)10-6-7-12(14)15-8-10/h6-9,11H,2-5H2,1H3,(H2,14,15)(H,16,17). The summed E-state index contributed by atoms with van der Waals surface area (Å²) in [5, 5.41) is 3.08. The molecular formula is C13H19N3O. The normalized spacial score (nSPS) is 24.3. The van der Waals surface area contributed by atoms with E-state index in [0.717, 1.165) is 6.42 Å². The smallest absolute Gasteiger partial charge is 0.253 e. The van der Waals surface area contributed by atoms with E-state index in [9.17, 15) is 4.79 Å². The second-order valence-corrected chi connectivity index (χ2v) is 4.81. The molecule has 4 nitrogen and oxygen atoms in total. The van der Waals surface area contributed by atoms with E-state index >= 15 is 0 Å². The molecule has 1 fully saturated rings. The van der Waals surface area contributed by atoms with Crippen LogP contribution >= 0.6 is 0 Å². The first kappa shape index (κ1) is 11.9. The Hall–Kier alpha value is -1.58. The van der Waals surface area contributed by atoms with Gasteiger partial charge in [-0.25, -0.2) is 4.98 Å². The van der Waals surface area contributed by atoms with E-state index < -0.39 is 0 Å². The Balaban J connectivity index is 1.98. The molecule has 1 heterocycles. The minimum Gasteiger partial charge on any atom is -0.384 e. The van der Waals surface area contributed by atoms with Crippen LogP contribution < -0.4 is 11.1 Å². The summed E-state index contributed by atoms with van der Waals surface area (Å²) in [5.41, 5.74) is 6.07. The Bertz CT molecular complexity index is 388. The lowest BCUT2D eigenvalue weighted by molar-refractivity contribution is 0.0910. The number of amides is 1. The van der Waals surface area contributed by atoms with Gasteiger partial charge in [-0.05, 0) is 30.9 Å². The molecule has 0 bridgehead atoms. The second-order valence-electron chi connectivity index (χ2n) is 4.81. The predicted octanol–water partition coefficient (Wildman–Crippen LogP) is 1.97. The van der Waals surface area contributed by atoms with E-state index in [1.54, 1.807) is 12.1 Å². The Morgan fingerprint density at radius 2 is 2.18 bits per heavy atom. The van der Waals surface area contributed by atoms with Gasteiger partial charge in [-0.15, -0.1) is 0 Å². The monoisotopic (exact) mass is 233 g/mol. The van der Waals surface area contributed by atoms with Crippen LogP contribution in [-0.2, 0) is 0 Å². The summed E-state index contributed by atoms with van der Waals surface area (Å²) in [6.45, 7) is 2.20. The van der Waals surface area contributed by atoms with Crippen molar-refractivity contribution < 1.29 is 4.79 Å². The SMILES string of the molecule is CC1CCCCC1NC(=O)c1ccc(N)nc1. The van der Waals surface area contributed by atoms with Gasteiger partial charge in [-0.1, -0.05) is 19.8 Å². The van der Waals surface area contributed by atoms with E-state index in [2.05, 4.69) is 17.2 Å². The van der Waals surface area contributed by atoms with Crippen molar-refractivity contribution in [2.24, 2.45) is 5.92 Å². The minimum absolute atomic E-state index is 0.0451. The maximum Gasteiger partial charge on any atom is 0.253 e. The largest absolute Gasteiger partial charge is 0.384 e. The molecule has 4 heteroatoms. The van der Waals surface area contributed by atoms with Gasteiger partial charge >= 0.3 is 0 Å². The molecule has 2 unspecified atom stereocenters. The lowest BCUT2D eigenvalue weighted by atomic mass is 9.86. The van der Waals surface area contributed by atoms with Crippen LogP contribution in [0.15, 0.2) is 18.3 Å². The minimum atomic E-state index is -0.0451. The van der Waals surface area contributed by atoms with Crippen molar-refractivity contribution in [2.45, 2.75) is 38.6 Å². The third kappa shape index (κ3) is 2.96. The number of pyridine rings is 1. The number of nitrogens with one attached hydrogen (secondary N) is 1. The summed E-state index contributed by atoms with van der Waals surface area (Å²) >= 11 is 0. The molecule has 0 aliphatic heterocycles. The Morgan fingerprint density at radius 1 is 1.41 bits per heavy atom. The molecule has 2 rings (SSSR count). The number of hydrogen-bond donors (Lipinski definition) is 2. The molecule has 1 saturated carbocycles. The summed E-state index contributed by atoms with van der Waals surface area (Å²) in [6, 6.07) is 3.67. The summed E-state index contributed by atoms with van der Waals surface area (Å²) in [4.78, 5) is 15.9. The van der Waals surface area contributed by atoms with Crippen molar-refractivity contribution in [3.8, 4) is 0 Å². The first-order valence-electron chi connectivity index (χ1n) is 6.19. The van der Waals surface area contributed by atoms with Gasteiger partial charge in [0.15, 0.2) is 0 Å².